The highest BCUT2D eigenvalue weighted by atomic mass is 32.1. The Morgan fingerprint density at radius 1 is 1.32 bits per heavy atom. The van der Waals surface area contributed by atoms with Crippen molar-refractivity contribution in [2.75, 3.05) is 26.2 Å². The lowest BCUT2D eigenvalue weighted by atomic mass is 10.3. The highest BCUT2D eigenvalue weighted by Crippen LogP contribution is 2.25. The van der Waals surface area contributed by atoms with Gasteiger partial charge in [-0.1, -0.05) is 12.1 Å². The molecular formula is C15H21N3S. The van der Waals surface area contributed by atoms with E-state index in [0.29, 0.717) is 6.04 Å². The fourth-order valence-electron chi connectivity index (χ4n) is 2.61. The summed E-state index contributed by atoms with van der Waals surface area (Å²) >= 11 is 1.80. The second kappa shape index (κ2) is 5.99. The average Bonchev–Trinajstić information content (AvgIpc) is 3.07. The number of benzene rings is 1. The van der Waals surface area contributed by atoms with Gasteiger partial charge in [-0.25, -0.2) is 4.98 Å². The van der Waals surface area contributed by atoms with Gasteiger partial charge in [0.15, 0.2) is 0 Å². The van der Waals surface area contributed by atoms with Crippen LogP contribution in [0.5, 0.6) is 0 Å². The van der Waals surface area contributed by atoms with Crippen molar-refractivity contribution in [3.05, 3.63) is 29.3 Å². The van der Waals surface area contributed by atoms with E-state index in [1.165, 1.54) is 35.6 Å². The van der Waals surface area contributed by atoms with Crippen molar-refractivity contribution in [2.45, 2.75) is 25.8 Å². The van der Waals surface area contributed by atoms with Crippen LogP contribution in [-0.2, 0) is 0 Å². The van der Waals surface area contributed by atoms with Crippen LogP contribution in [0.4, 0.5) is 0 Å². The highest BCUT2D eigenvalue weighted by molar-refractivity contribution is 7.18. The van der Waals surface area contributed by atoms with Crippen molar-refractivity contribution in [1.29, 1.82) is 0 Å². The van der Waals surface area contributed by atoms with Crippen molar-refractivity contribution in [2.24, 2.45) is 0 Å². The van der Waals surface area contributed by atoms with Crippen LogP contribution >= 0.6 is 11.3 Å². The molecule has 0 aliphatic carbocycles. The Bertz CT molecular complexity index is 498. The maximum atomic E-state index is 4.71. The van der Waals surface area contributed by atoms with Crippen LogP contribution in [0.3, 0.4) is 0 Å². The third-order valence-corrected chi connectivity index (χ3v) is 4.98. The van der Waals surface area contributed by atoms with Gasteiger partial charge in [-0.15, -0.1) is 11.3 Å². The summed E-state index contributed by atoms with van der Waals surface area (Å²) in [4.78, 5) is 7.25. The molecule has 19 heavy (non-hydrogen) atoms. The van der Waals surface area contributed by atoms with Gasteiger partial charge in [-0.3, -0.25) is 0 Å². The predicted molar refractivity (Wildman–Crippen MR) is 81.7 cm³/mol. The van der Waals surface area contributed by atoms with E-state index in [1.54, 1.807) is 11.3 Å². The summed E-state index contributed by atoms with van der Waals surface area (Å²) in [6.45, 7) is 6.97. The Kier molecular flexibility index (Phi) is 4.11. The number of para-hydroxylation sites is 1. The zero-order chi connectivity index (χ0) is 13.1. The number of fused-ring (bicyclic) bond motifs is 1. The second-order valence-electron chi connectivity index (χ2n) is 5.24. The molecule has 0 radical (unpaired) electrons. The van der Waals surface area contributed by atoms with Crippen LogP contribution in [0, 0.1) is 0 Å². The Labute approximate surface area is 118 Å². The van der Waals surface area contributed by atoms with Crippen LogP contribution in [0.2, 0.25) is 0 Å². The first-order valence-electron chi connectivity index (χ1n) is 7.14. The molecule has 2 aromatic rings. The number of hydrogen-bond donors (Lipinski definition) is 1. The summed E-state index contributed by atoms with van der Waals surface area (Å²) < 4.78 is 1.28. The van der Waals surface area contributed by atoms with E-state index in [1.807, 2.05) is 0 Å². The molecule has 102 valence electrons. The van der Waals surface area contributed by atoms with Crippen LogP contribution in [0.1, 0.15) is 30.8 Å². The molecule has 0 saturated carbocycles. The number of thiazole rings is 1. The van der Waals surface area contributed by atoms with E-state index in [0.717, 1.165) is 18.6 Å². The summed E-state index contributed by atoms with van der Waals surface area (Å²) in [7, 11) is 0. The van der Waals surface area contributed by atoms with Gasteiger partial charge in [0.1, 0.15) is 5.01 Å². The number of nitrogens with one attached hydrogen (secondary N) is 1. The molecule has 1 aliphatic rings. The number of rotatable bonds is 5. The van der Waals surface area contributed by atoms with E-state index < -0.39 is 0 Å². The lowest BCUT2D eigenvalue weighted by molar-refractivity contribution is 0.330. The maximum absolute atomic E-state index is 4.71. The maximum Gasteiger partial charge on any atom is 0.111 e. The minimum atomic E-state index is 0.347. The van der Waals surface area contributed by atoms with E-state index >= 15 is 0 Å². The molecule has 1 aromatic heterocycles. The zero-order valence-electron chi connectivity index (χ0n) is 11.4. The Hall–Kier alpha value is -0.970. The number of nitrogens with zero attached hydrogens (tertiary/aromatic N) is 2. The Morgan fingerprint density at radius 3 is 2.89 bits per heavy atom. The second-order valence-corrected chi connectivity index (χ2v) is 6.31. The Morgan fingerprint density at radius 2 is 2.11 bits per heavy atom. The summed E-state index contributed by atoms with van der Waals surface area (Å²) in [6.07, 6.45) is 2.74. The first-order valence-corrected chi connectivity index (χ1v) is 7.96. The topological polar surface area (TPSA) is 28.2 Å². The summed E-state index contributed by atoms with van der Waals surface area (Å²) in [5.41, 5.74) is 1.12. The third kappa shape index (κ3) is 3.14. The molecule has 1 N–H and O–H groups in total. The van der Waals surface area contributed by atoms with Gasteiger partial charge in [0.2, 0.25) is 0 Å². The standard InChI is InChI=1S/C15H21N3S/c1-12(16-8-11-18-9-4-5-10-18)15-17-13-6-2-3-7-14(13)19-15/h2-3,6-7,12,16H,4-5,8-11H2,1H3. The molecular weight excluding hydrogens is 254 g/mol. The van der Waals surface area contributed by atoms with Crippen LogP contribution in [0.25, 0.3) is 10.2 Å². The Balaban J connectivity index is 1.55. The van der Waals surface area contributed by atoms with E-state index in [-0.39, 0.29) is 0 Å². The smallest absolute Gasteiger partial charge is 0.111 e. The zero-order valence-corrected chi connectivity index (χ0v) is 12.2. The van der Waals surface area contributed by atoms with Crippen LogP contribution in [-0.4, -0.2) is 36.1 Å². The molecule has 1 aromatic carbocycles. The summed E-state index contributed by atoms with van der Waals surface area (Å²) in [5, 5.41) is 4.79. The van der Waals surface area contributed by atoms with Crippen molar-refractivity contribution >= 4 is 21.6 Å². The quantitative estimate of drug-likeness (QED) is 0.909. The molecule has 2 heterocycles. The largest absolute Gasteiger partial charge is 0.307 e. The van der Waals surface area contributed by atoms with Gasteiger partial charge in [-0.05, 0) is 45.0 Å². The van der Waals surface area contributed by atoms with Gasteiger partial charge in [0.25, 0.3) is 0 Å². The van der Waals surface area contributed by atoms with Crippen molar-refractivity contribution in [1.82, 2.24) is 15.2 Å². The highest BCUT2D eigenvalue weighted by Gasteiger charge is 2.13. The minimum Gasteiger partial charge on any atom is -0.307 e. The molecule has 1 aliphatic heterocycles. The normalized spacial score (nSPS) is 18.2. The van der Waals surface area contributed by atoms with Crippen LogP contribution in [0.15, 0.2) is 24.3 Å². The number of hydrogen-bond acceptors (Lipinski definition) is 4. The molecule has 1 saturated heterocycles. The predicted octanol–water partition coefficient (Wildman–Crippen LogP) is 3.04. The monoisotopic (exact) mass is 275 g/mol. The van der Waals surface area contributed by atoms with E-state index in [4.69, 9.17) is 4.98 Å². The average molecular weight is 275 g/mol. The summed E-state index contributed by atoms with van der Waals surface area (Å²) in [5.74, 6) is 0. The van der Waals surface area contributed by atoms with Gasteiger partial charge in [0, 0.05) is 13.1 Å². The van der Waals surface area contributed by atoms with Crippen molar-refractivity contribution < 1.29 is 0 Å². The van der Waals surface area contributed by atoms with Gasteiger partial charge < -0.3 is 10.2 Å². The number of aromatic nitrogens is 1. The lowest BCUT2D eigenvalue weighted by Crippen LogP contribution is -2.31. The van der Waals surface area contributed by atoms with Crippen molar-refractivity contribution in [3.8, 4) is 0 Å². The SMILES string of the molecule is CC(NCCN1CCCC1)c1nc2ccccc2s1. The fourth-order valence-corrected chi connectivity index (χ4v) is 3.60. The van der Waals surface area contributed by atoms with Gasteiger partial charge in [0.05, 0.1) is 16.3 Å². The molecule has 1 atom stereocenters. The molecule has 1 unspecified atom stereocenters. The molecule has 0 spiro atoms. The molecule has 3 rings (SSSR count). The van der Waals surface area contributed by atoms with E-state index in [2.05, 4.69) is 41.4 Å². The van der Waals surface area contributed by atoms with Crippen LogP contribution < -0.4 is 5.32 Å². The van der Waals surface area contributed by atoms with Gasteiger partial charge in [-0.2, -0.15) is 0 Å². The molecule has 4 heteroatoms. The minimum absolute atomic E-state index is 0.347. The van der Waals surface area contributed by atoms with E-state index in [9.17, 15) is 0 Å². The number of likely N-dealkylation sites (tertiary alicyclic amines) is 1. The third-order valence-electron chi connectivity index (χ3n) is 3.76. The summed E-state index contributed by atoms with van der Waals surface area (Å²) in [6, 6.07) is 8.72. The fraction of sp³-hybridized carbons (Fsp3) is 0.533. The molecule has 0 amide bonds. The molecule has 1 fully saturated rings. The first-order chi connectivity index (χ1) is 9.33. The first kappa shape index (κ1) is 13.0. The lowest BCUT2D eigenvalue weighted by Gasteiger charge is -2.17. The van der Waals surface area contributed by atoms with Crippen molar-refractivity contribution in [3.63, 3.8) is 0 Å². The molecule has 0 bridgehead atoms. The van der Waals surface area contributed by atoms with Gasteiger partial charge >= 0.3 is 0 Å². The molecule has 3 nitrogen and oxygen atoms in total.